The molecule has 1 aromatic heterocycles. The van der Waals surface area contributed by atoms with Gasteiger partial charge in [-0.05, 0) is 23.8 Å². The molecule has 0 aliphatic heterocycles. The van der Waals surface area contributed by atoms with Gasteiger partial charge in [0, 0.05) is 24.9 Å². The Kier molecular flexibility index (Phi) is 5.59. The highest BCUT2D eigenvalue weighted by molar-refractivity contribution is 5.77. The first kappa shape index (κ1) is 15.6. The number of methoxy groups -OCH3 is 2. The van der Waals surface area contributed by atoms with Gasteiger partial charge in [0.05, 0.1) is 14.2 Å². The fourth-order valence-electron chi connectivity index (χ4n) is 1.76. The number of ether oxygens (including phenoxy) is 3. The Morgan fingerprint density at radius 2 is 1.95 bits per heavy atom. The van der Waals surface area contributed by atoms with Crippen molar-refractivity contribution >= 4 is 5.91 Å². The zero-order valence-corrected chi connectivity index (χ0v) is 12.5. The average molecular weight is 302 g/mol. The van der Waals surface area contributed by atoms with E-state index in [1.807, 2.05) is 12.1 Å². The molecule has 1 heterocycles. The summed E-state index contributed by atoms with van der Waals surface area (Å²) in [6.07, 6.45) is 1.63. The molecular formula is C16H18N2O4. The Bertz CT molecular complexity index is 578. The molecule has 6 nitrogen and oxygen atoms in total. The molecule has 116 valence electrons. The summed E-state index contributed by atoms with van der Waals surface area (Å²) in [4.78, 5) is 15.8. The third kappa shape index (κ3) is 4.66. The standard InChI is InChI=1S/C16H18N2O4/c1-20-13-4-3-5-14(9-13)22-11-15(19)18-10-12-6-7-17-16(8-12)21-2/h3-9H,10-11H2,1-2H3,(H,18,19). The summed E-state index contributed by atoms with van der Waals surface area (Å²) in [6, 6.07) is 10.7. The molecule has 1 N–H and O–H groups in total. The molecule has 0 aliphatic carbocycles. The van der Waals surface area contributed by atoms with Gasteiger partial charge in [0.2, 0.25) is 5.88 Å². The molecule has 0 atom stereocenters. The number of aromatic nitrogens is 1. The van der Waals surface area contributed by atoms with Crippen LogP contribution in [0.15, 0.2) is 42.6 Å². The van der Waals surface area contributed by atoms with Crippen LogP contribution in [0.4, 0.5) is 0 Å². The third-order valence-corrected chi connectivity index (χ3v) is 2.91. The lowest BCUT2D eigenvalue weighted by Crippen LogP contribution is -2.28. The highest BCUT2D eigenvalue weighted by Crippen LogP contribution is 2.18. The SMILES string of the molecule is COc1cccc(OCC(=O)NCc2ccnc(OC)c2)c1. The van der Waals surface area contributed by atoms with E-state index in [-0.39, 0.29) is 12.5 Å². The molecule has 2 aromatic rings. The number of carbonyl (C=O) groups excluding carboxylic acids is 1. The van der Waals surface area contributed by atoms with Gasteiger partial charge in [0.25, 0.3) is 5.91 Å². The second kappa shape index (κ2) is 7.87. The average Bonchev–Trinajstić information content (AvgIpc) is 2.58. The van der Waals surface area contributed by atoms with Crippen LogP contribution < -0.4 is 19.5 Å². The van der Waals surface area contributed by atoms with Crippen LogP contribution in [0.3, 0.4) is 0 Å². The van der Waals surface area contributed by atoms with Crippen molar-refractivity contribution < 1.29 is 19.0 Å². The lowest BCUT2D eigenvalue weighted by Gasteiger charge is -2.09. The van der Waals surface area contributed by atoms with E-state index < -0.39 is 0 Å². The van der Waals surface area contributed by atoms with E-state index in [4.69, 9.17) is 14.2 Å². The second-order valence-corrected chi connectivity index (χ2v) is 4.45. The van der Waals surface area contributed by atoms with E-state index in [9.17, 15) is 4.79 Å². The van der Waals surface area contributed by atoms with Crippen molar-refractivity contribution in [3.63, 3.8) is 0 Å². The summed E-state index contributed by atoms with van der Waals surface area (Å²) in [7, 11) is 3.13. The summed E-state index contributed by atoms with van der Waals surface area (Å²) >= 11 is 0. The molecule has 0 radical (unpaired) electrons. The van der Waals surface area contributed by atoms with Crippen LogP contribution >= 0.6 is 0 Å². The van der Waals surface area contributed by atoms with Crippen molar-refractivity contribution in [1.82, 2.24) is 10.3 Å². The lowest BCUT2D eigenvalue weighted by atomic mass is 10.2. The molecule has 22 heavy (non-hydrogen) atoms. The van der Waals surface area contributed by atoms with Crippen LogP contribution in [0.2, 0.25) is 0 Å². The molecular weight excluding hydrogens is 284 g/mol. The first-order chi connectivity index (χ1) is 10.7. The number of amides is 1. The van der Waals surface area contributed by atoms with Gasteiger partial charge in [-0.15, -0.1) is 0 Å². The van der Waals surface area contributed by atoms with Gasteiger partial charge < -0.3 is 19.5 Å². The molecule has 0 unspecified atom stereocenters. The summed E-state index contributed by atoms with van der Waals surface area (Å²) in [6.45, 7) is 0.328. The molecule has 0 spiro atoms. The Labute approximate surface area is 129 Å². The largest absolute Gasteiger partial charge is 0.497 e. The minimum absolute atomic E-state index is 0.0601. The van der Waals surface area contributed by atoms with Crippen LogP contribution in [0.5, 0.6) is 17.4 Å². The smallest absolute Gasteiger partial charge is 0.258 e. The number of hydrogen-bond donors (Lipinski definition) is 1. The maximum Gasteiger partial charge on any atom is 0.258 e. The highest BCUT2D eigenvalue weighted by atomic mass is 16.5. The van der Waals surface area contributed by atoms with Gasteiger partial charge in [-0.2, -0.15) is 0 Å². The van der Waals surface area contributed by atoms with Gasteiger partial charge in [0.1, 0.15) is 11.5 Å². The van der Waals surface area contributed by atoms with Gasteiger partial charge in [-0.1, -0.05) is 6.07 Å². The van der Waals surface area contributed by atoms with Crippen molar-refractivity contribution in [2.75, 3.05) is 20.8 Å². The first-order valence-electron chi connectivity index (χ1n) is 6.73. The maximum atomic E-state index is 11.8. The number of benzene rings is 1. The van der Waals surface area contributed by atoms with Crippen molar-refractivity contribution in [2.24, 2.45) is 0 Å². The monoisotopic (exact) mass is 302 g/mol. The topological polar surface area (TPSA) is 69.7 Å². The Hall–Kier alpha value is -2.76. The van der Waals surface area contributed by atoms with E-state index in [2.05, 4.69) is 10.3 Å². The quantitative estimate of drug-likeness (QED) is 0.844. The fourth-order valence-corrected chi connectivity index (χ4v) is 1.76. The molecule has 1 aromatic carbocycles. The maximum absolute atomic E-state index is 11.8. The van der Waals surface area contributed by atoms with E-state index in [1.165, 1.54) is 0 Å². The second-order valence-electron chi connectivity index (χ2n) is 4.45. The molecule has 2 rings (SSSR count). The van der Waals surface area contributed by atoms with Crippen LogP contribution in [-0.4, -0.2) is 31.7 Å². The van der Waals surface area contributed by atoms with E-state index >= 15 is 0 Å². The van der Waals surface area contributed by atoms with Crippen LogP contribution in [-0.2, 0) is 11.3 Å². The minimum Gasteiger partial charge on any atom is -0.497 e. The molecule has 6 heteroatoms. The summed E-state index contributed by atoms with van der Waals surface area (Å²) < 4.78 is 15.5. The zero-order valence-electron chi connectivity index (χ0n) is 12.5. The van der Waals surface area contributed by atoms with Gasteiger partial charge in [-0.3, -0.25) is 4.79 Å². The summed E-state index contributed by atoms with van der Waals surface area (Å²) in [5.41, 5.74) is 0.904. The van der Waals surface area contributed by atoms with Crippen molar-refractivity contribution in [3.05, 3.63) is 48.2 Å². The highest BCUT2D eigenvalue weighted by Gasteiger charge is 2.04. The predicted octanol–water partition coefficient (Wildman–Crippen LogP) is 1.79. The number of rotatable bonds is 7. The van der Waals surface area contributed by atoms with Crippen LogP contribution in [0.25, 0.3) is 0 Å². The van der Waals surface area contributed by atoms with Gasteiger partial charge in [-0.25, -0.2) is 4.98 Å². The van der Waals surface area contributed by atoms with Crippen LogP contribution in [0, 0.1) is 0 Å². The van der Waals surface area contributed by atoms with E-state index in [0.717, 1.165) is 5.56 Å². The molecule has 0 fully saturated rings. The number of nitrogens with zero attached hydrogens (tertiary/aromatic N) is 1. The first-order valence-corrected chi connectivity index (χ1v) is 6.73. The number of hydrogen-bond acceptors (Lipinski definition) is 5. The molecule has 0 saturated carbocycles. The fraction of sp³-hybridized carbons (Fsp3) is 0.250. The Morgan fingerprint density at radius 1 is 1.14 bits per heavy atom. The molecule has 0 bridgehead atoms. The summed E-state index contributed by atoms with van der Waals surface area (Å²) in [5.74, 6) is 1.57. The van der Waals surface area contributed by atoms with Gasteiger partial charge in [0.15, 0.2) is 6.61 Å². The Balaban J connectivity index is 1.80. The third-order valence-electron chi connectivity index (χ3n) is 2.91. The lowest BCUT2D eigenvalue weighted by molar-refractivity contribution is -0.123. The molecule has 0 aliphatic rings. The zero-order chi connectivity index (χ0) is 15.8. The van der Waals surface area contributed by atoms with Crippen molar-refractivity contribution in [3.8, 4) is 17.4 Å². The van der Waals surface area contributed by atoms with E-state index in [0.29, 0.717) is 23.9 Å². The van der Waals surface area contributed by atoms with E-state index in [1.54, 1.807) is 44.7 Å². The summed E-state index contributed by atoms with van der Waals surface area (Å²) in [5, 5.41) is 2.77. The van der Waals surface area contributed by atoms with Crippen molar-refractivity contribution in [1.29, 1.82) is 0 Å². The minimum atomic E-state index is -0.210. The Morgan fingerprint density at radius 3 is 2.73 bits per heavy atom. The van der Waals surface area contributed by atoms with Gasteiger partial charge >= 0.3 is 0 Å². The number of nitrogens with one attached hydrogen (secondary N) is 1. The van der Waals surface area contributed by atoms with Crippen molar-refractivity contribution in [2.45, 2.75) is 6.54 Å². The molecule has 1 amide bonds. The van der Waals surface area contributed by atoms with Crippen LogP contribution in [0.1, 0.15) is 5.56 Å². The normalized spacial score (nSPS) is 9.91. The number of pyridine rings is 1. The number of carbonyl (C=O) groups is 1. The predicted molar refractivity (Wildman–Crippen MR) is 81.1 cm³/mol. The molecule has 0 saturated heterocycles.